The summed E-state index contributed by atoms with van der Waals surface area (Å²) in [5, 5.41) is 9.62. The topological polar surface area (TPSA) is 43.8 Å². The Kier molecular flexibility index (Phi) is 5.87. The van der Waals surface area contributed by atoms with Gasteiger partial charge < -0.3 is 10.0 Å². The van der Waals surface area contributed by atoms with Crippen LogP contribution in [0.1, 0.15) is 37.4 Å². The van der Waals surface area contributed by atoms with Crippen LogP contribution in [-0.4, -0.2) is 53.1 Å². The molecule has 2 unspecified atom stereocenters. The molecular weight excluding hydrogens is 321 g/mol. The van der Waals surface area contributed by atoms with Crippen molar-refractivity contribution in [3.05, 3.63) is 35.4 Å². The molecule has 1 aromatic rings. The average Bonchev–Trinajstić information content (AvgIpc) is 2.49. The maximum atomic E-state index is 12.7. The maximum Gasteiger partial charge on any atom is 0.416 e. The van der Waals surface area contributed by atoms with Crippen molar-refractivity contribution in [1.29, 1.82) is 0 Å². The lowest BCUT2D eigenvalue weighted by Gasteiger charge is -2.42. The molecule has 1 heterocycles. The number of benzene rings is 1. The molecule has 1 N–H and O–H groups in total. The first kappa shape index (κ1) is 18.7. The summed E-state index contributed by atoms with van der Waals surface area (Å²) >= 11 is 0. The van der Waals surface area contributed by atoms with E-state index in [4.69, 9.17) is 0 Å². The predicted molar refractivity (Wildman–Crippen MR) is 84.7 cm³/mol. The minimum atomic E-state index is -4.42. The van der Waals surface area contributed by atoms with Gasteiger partial charge in [0.1, 0.15) is 6.04 Å². The number of piperazine rings is 1. The molecule has 0 saturated carbocycles. The number of aliphatic carboxylic acids is 1. The third-order valence-corrected chi connectivity index (χ3v) is 4.42. The molecule has 7 heteroatoms. The Bertz CT molecular complexity index is 560. The highest BCUT2D eigenvalue weighted by atomic mass is 19.4. The average molecular weight is 344 g/mol. The van der Waals surface area contributed by atoms with Crippen LogP contribution in [-0.2, 0) is 11.0 Å². The SMILES string of the molecule is CCCN1CCN(C(C(=O)O)c2ccc(C(F)(F)F)cc2)C(C)C1. The first-order valence-corrected chi connectivity index (χ1v) is 8.12. The van der Waals surface area contributed by atoms with Gasteiger partial charge in [-0.2, -0.15) is 13.2 Å². The molecule has 134 valence electrons. The second-order valence-electron chi connectivity index (χ2n) is 6.25. The van der Waals surface area contributed by atoms with E-state index in [1.165, 1.54) is 12.1 Å². The number of carboxylic acids is 1. The molecule has 24 heavy (non-hydrogen) atoms. The summed E-state index contributed by atoms with van der Waals surface area (Å²) in [7, 11) is 0. The molecule has 0 radical (unpaired) electrons. The summed E-state index contributed by atoms with van der Waals surface area (Å²) in [5.74, 6) is -1.04. The van der Waals surface area contributed by atoms with Crippen LogP contribution in [0.2, 0.25) is 0 Å². The number of rotatable bonds is 5. The lowest BCUT2D eigenvalue weighted by molar-refractivity contribution is -0.145. The van der Waals surface area contributed by atoms with Gasteiger partial charge in [-0.1, -0.05) is 19.1 Å². The van der Waals surface area contributed by atoms with Gasteiger partial charge in [-0.3, -0.25) is 9.69 Å². The van der Waals surface area contributed by atoms with Gasteiger partial charge in [0.05, 0.1) is 5.56 Å². The van der Waals surface area contributed by atoms with E-state index in [1.807, 2.05) is 11.8 Å². The van der Waals surface area contributed by atoms with Crippen LogP contribution in [0.25, 0.3) is 0 Å². The van der Waals surface area contributed by atoms with E-state index < -0.39 is 23.8 Å². The Balaban J connectivity index is 2.19. The standard InChI is InChI=1S/C17H23F3N2O2/c1-3-8-21-9-10-22(12(2)11-21)15(16(23)24)13-4-6-14(7-5-13)17(18,19)20/h4-7,12,15H,3,8-11H2,1-2H3,(H,23,24). The molecule has 0 bridgehead atoms. The van der Waals surface area contributed by atoms with Gasteiger partial charge in [-0.15, -0.1) is 0 Å². The first-order valence-electron chi connectivity index (χ1n) is 8.12. The van der Waals surface area contributed by atoms with E-state index in [1.54, 1.807) is 0 Å². The van der Waals surface area contributed by atoms with Gasteiger partial charge in [-0.25, -0.2) is 0 Å². The molecule has 0 amide bonds. The van der Waals surface area contributed by atoms with Crippen molar-refractivity contribution < 1.29 is 23.1 Å². The molecule has 0 aliphatic carbocycles. The largest absolute Gasteiger partial charge is 0.480 e. The van der Waals surface area contributed by atoms with Gasteiger partial charge >= 0.3 is 12.1 Å². The van der Waals surface area contributed by atoms with Gasteiger partial charge in [-0.05, 0) is 37.6 Å². The monoisotopic (exact) mass is 344 g/mol. The van der Waals surface area contributed by atoms with E-state index in [-0.39, 0.29) is 6.04 Å². The number of alkyl halides is 3. The van der Waals surface area contributed by atoms with Crippen LogP contribution in [0.3, 0.4) is 0 Å². The highest BCUT2D eigenvalue weighted by molar-refractivity contribution is 5.75. The third-order valence-electron chi connectivity index (χ3n) is 4.42. The minimum Gasteiger partial charge on any atom is -0.480 e. The fourth-order valence-electron chi connectivity index (χ4n) is 3.28. The fraction of sp³-hybridized carbons (Fsp3) is 0.588. The summed E-state index contributed by atoms with van der Waals surface area (Å²) in [6.07, 6.45) is -3.38. The van der Waals surface area contributed by atoms with Crippen molar-refractivity contribution in [2.45, 2.75) is 38.5 Å². The van der Waals surface area contributed by atoms with Crippen LogP contribution in [0, 0.1) is 0 Å². The highest BCUT2D eigenvalue weighted by Crippen LogP contribution is 2.32. The summed E-state index contributed by atoms with van der Waals surface area (Å²) in [4.78, 5) is 15.9. The van der Waals surface area contributed by atoms with E-state index in [0.29, 0.717) is 12.1 Å². The maximum absolute atomic E-state index is 12.7. The Morgan fingerprint density at radius 2 is 1.92 bits per heavy atom. The molecule has 0 aromatic heterocycles. The normalized spacial score (nSPS) is 21.6. The smallest absolute Gasteiger partial charge is 0.416 e. The highest BCUT2D eigenvalue weighted by Gasteiger charge is 2.35. The van der Waals surface area contributed by atoms with E-state index in [0.717, 1.165) is 38.2 Å². The molecule has 1 aliphatic rings. The number of hydrogen-bond donors (Lipinski definition) is 1. The van der Waals surface area contributed by atoms with Crippen molar-refractivity contribution >= 4 is 5.97 Å². The molecule has 4 nitrogen and oxygen atoms in total. The molecule has 2 atom stereocenters. The van der Waals surface area contributed by atoms with Gasteiger partial charge in [0.25, 0.3) is 0 Å². The minimum absolute atomic E-state index is 0.0219. The number of carboxylic acid groups (broad SMARTS) is 1. The van der Waals surface area contributed by atoms with Crippen molar-refractivity contribution in [3.63, 3.8) is 0 Å². The molecule has 1 aliphatic heterocycles. The lowest BCUT2D eigenvalue weighted by Crippen LogP contribution is -2.54. The summed E-state index contributed by atoms with van der Waals surface area (Å²) in [5.41, 5.74) is -0.387. The Labute approximate surface area is 139 Å². The Morgan fingerprint density at radius 1 is 1.29 bits per heavy atom. The van der Waals surface area contributed by atoms with Crippen LogP contribution >= 0.6 is 0 Å². The van der Waals surface area contributed by atoms with E-state index in [9.17, 15) is 23.1 Å². The van der Waals surface area contributed by atoms with Crippen molar-refractivity contribution in [3.8, 4) is 0 Å². The Hall–Kier alpha value is -1.60. The number of carbonyl (C=O) groups is 1. The van der Waals surface area contributed by atoms with E-state index >= 15 is 0 Å². The van der Waals surface area contributed by atoms with Crippen molar-refractivity contribution in [2.24, 2.45) is 0 Å². The predicted octanol–water partition coefficient (Wildman–Crippen LogP) is 3.25. The number of nitrogens with zero attached hydrogens (tertiary/aromatic N) is 2. The summed E-state index contributed by atoms with van der Waals surface area (Å²) in [6.45, 7) is 7.14. The third kappa shape index (κ3) is 4.27. The van der Waals surface area contributed by atoms with Gasteiger partial charge in [0.2, 0.25) is 0 Å². The van der Waals surface area contributed by atoms with Crippen molar-refractivity contribution in [1.82, 2.24) is 9.80 Å². The second kappa shape index (κ2) is 7.53. The van der Waals surface area contributed by atoms with Crippen LogP contribution in [0.15, 0.2) is 24.3 Å². The van der Waals surface area contributed by atoms with Crippen molar-refractivity contribution in [2.75, 3.05) is 26.2 Å². The molecule has 1 aromatic carbocycles. The molecular formula is C17H23F3N2O2. The lowest BCUT2D eigenvalue weighted by atomic mass is 10.00. The van der Waals surface area contributed by atoms with E-state index in [2.05, 4.69) is 11.8 Å². The summed E-state index contributed by atoms with van der Waals surface area (Å²) in [6, 6.07) is 3.53. The Morgan fingerprint density at radius 3 is 2.38 bits per heavy atom. The number of halogens is 3. The number of hydrogen-bond acceptors (Lipinski definition) is 3. The van der Waals surface area contributed by atoms with Crippen LogP contribution in [0.5, 0.6) is 0 Å². The molecule has 2 rings (SSSR count). The van der Waals surface area contributed by atoms with Crippen LogP contribution < -0.4 is 0 Å². The zero-order chi connectivity index (χ0) is 17.9. The van der Waals surface area contributed by atoms with Crippen LogP contribution in [0.4, 0.5) is 13.2 Å². The molecule has 1 saturated heterocycles. The second-order valence-corrected chi connectivity index (χ2v) is 6.25. The van der Waals surface area contributed by atoms with Gasteiger partial charge in [0.15, 0.2) is 0 Å². The zero-order valence-electron chi connectivity index (χ0n) is 13.9. The van der Waals surface area contributed by atoms with Gasteiger partial charge in [0, 0.05) is 25.7 Å². The quantitative estimate of drug-likeness (QED) is 0.891. The molecule has 0 spiro atoms. The summed E-state index contributed by atoms with van der Waals surface area (Å²) < 4.78 is 38.0. The fourth-order valence-corrected chi connectivity index (χ4v) is 3.28. The molecule has 1 fully saturated rings. The first-order chi connectivity index (χ1) is 11.2. The zero-order valence-corrected chi connectivity index (χ0v) is 13.9.